The van der Waals surface area contributed by atoms with Crippen LogP contribution in [0, 0.1) is 12.8 Å². The van der Waals surface area contributed by atoms with E-state index in [0.717, 1.165) is 24.0 Å². The van der Waals surface area contributed by atoms with Crippen LogP contribution >= 0.6 is 0 Å². The Balaban J connectivity index is 2.17. The van der Waals surface area contributed by atoms with Crippen LogP contribution in [0.1, 0.15) is 30.9 Å². The summed E-state index contributed by atoms with van der Waals surface area (Å²) in [6.45, 7) is 3.89. The number of carbonyl (C=O) groups is 2. The molecule has 0 spiro atoms. The van der Waals surface area contributed by atoms with Gasteiger partial charge in [0.25, 0.3) is 0 Å². The molecule has 20 heavy (non-hydrogen) atoms. The lowest BCUT2D eigenvalue weighted by molar-refractivity contribution is -0.143. The molecule has 1 fully saturated rings. The predicted octanol–water partition coefficient (Wildman–Crippen LogP) is 2.21. The van der Waals surface area contributed by atoms with E-state index in [4.69, 9.17) is 5.11 Å². The number of hydrogen-bond acceptors (Lipinski definition) is 2. The van der Waals surface area contributed by atoms with E-state index in [-0.39, 0.29) is 12.5 Å². The first kappa shape index (κ1) is 14.6. The first-order valence-corrected chi connectivity index (χ1v) is 6.93. The van der Waals surface area contributed by atoms with E-state index in [9.17, 15) is 9.59 Å². The van der Waals surface area contributed by atoms with Gasteiger partial charge in [0, 0.05) is 13.6 Å². The Morgan fingerprint density at radius 3 is 2.45 bits per heavy atom. The predicted molar refractivity (Wildman–Crippen MR) is 76.5 cm³/mol. The standard InChI is InChI=1S/C16H21NO3/c1-11-6-4-5-7-13(11)16(8-9-16)15(20)17(3)10-12(2)14(18)19/h4-7,12H,8-10H2,1-3H3,(H,18,19)/t12-/m1/s1. The second kappa shape index (κ2) is 5.27. The van der Waals surface area contributed by atoms with Crippen LogP contribution in [0.25, 0.3) is 0 Å². The highest BCUT2D eigenvalue weighted by Crippen LogP contribution is 2.50. The number of rotatable bonds is 5. The van der Waals surface area contributed by atoms with Gasteiger partial charge in [-0.25, -0.2) is 0 Å². The van der Waals surface area contributed by atoms with Gasteiger partial charge >= 0.3 is 5.97 Å². The van der Waals surface area contributed by atoms with Gasteiger partial charge in [0.2, 0.25) is 5.91 Å². The molecule has 2 rings (SSSR count). The normalized spacial score (nSPS) is 17.4. The molecule has 1 saturated carbocycles. The molecule has 0 aliphatic heterocycles. The Hall–Kier alpha value is -1.84. The first-order chi connectivity index (χ1) is 9.38. The van der Waals surface area contributed by atoms with Crippen molar-refractivity contribution in [1.29, 1.82) is 0 Å². The summed E-state index contributed by atoms with van der Waals surface area (Å²) in [7, 11) is 1.69. The van der Waals surface area contributed by atoms with Crippen molar-refractivity contribution in [1.82, 2.24) is 4.90 Å². The molecule has 1 amide bonds. The summed E-state index contributed by atoms with van der Waals surface area (Å²) in [5.41, 5.74) is 1.79. The summed E-state index contributed by atoms with van der Waals surface area (Å²) in [5.74, 6) is -1.37. The van der Waals surface area contributed by atoms with Crippen molar-refractivity contribution in [3.63, 3.8) is 0 Å². The van der Waals surface area contributed by atoms with E-state index in [1.54, 1.807) is 18.9 Å². The number of amides is 1. The van der Waals surface area contributed by atoms with Crippen molar-refractivity contribution in [2.24, 2.45) is 5.92 Å². The van der Waals surface area contributed by atoms with Gasteiger partial charge in [-0.05, 0) is 30.9 Å². The first-order valence-electron chi connectivity index (χ1n) is 6.93. The number of carboxylic acid groups (broad SMARTS) is 1. The Morgan fingerprint density at radius 1 is 1.35 bits per heavy atom. The van der Waals surface area contributed by atoms with Gasteiger partial charge in [-0.2, -0.15) is 0 Å². The number of nitrogens with zero attached hydrogens (tertiary/aromatic N) is 1. The van der Waals surface area contributed by atoms with Crippen LogP contribution in [-0.4, -0.2) is 35.5 Å². The van der Waals surface area contributed by atoms with Crippen LogP contribution in [0.4, 0.5) is 0 Å². The lowest BCUT2D eigenvalue weighted by Gasteiger charge is -2.26. The number of aliphatic carboxylic acids is 1. The third-order valence-corrected chi connectivity index (χ3v) is 4.14. The van der Waals surface area contributed by atoms with Gasteiger partial charge in [-0.3, -0.25) is 9.59 Å². The molecule has 0 bridgehead atoms. The van der Waals surface area contributed by atoms with E-state index in [0.29, 0.717) is 0 Å². The monoisotopic (exact) mass is 275 g/mol. The number of aryl methyl sites for hydroxylation is 1. The van der Waals surface area contributed by atoms with Crippen LogP contribution in [0.2, 0.25) is 0 Å². The zero-order chi connectivity index (χ0) is 14.9. The Morgan fingerprint density at radius 2 is 1.95 bits per heavy atom. The average molecular weight is 275 g/mol. The van der Waals surface area contributed by atoms with E-state index in [1.807, 2.05) is 31.2 Å². The fourth-order valence-corrected chi connectivity index (χ4v) is 2.77. The summed E-state index contributed by atoms with van der Waals surface area (Å²) in [5, 5.41) is 8.95. The number of carbonyl (C=O) groups excluding carboxylic acids is 1. The van der Waals surface area contributed by atoms with Crippen LogP contribution in [0.15, 0.2) is 24.3 Å². The largest absolute Gasteiger partial charge is 0.481 e. The molecule has 0 saturated heterocycles. The lowest BCUT2D eigenvalue weighted by Crippen LogP contribution is -2.40. The third-order valence-electron chi connectivity index (χ3n) is 4.14. The smallest absolute Gasteiger partial charge is 0.308 e. The maximum atomic E-state index is 12.7. The molecule has 1 aliphatic carbocycles. The molecule has 1 N–H and O–H groups in total. The number of hydrogen-bond donors (Lipinski definition) is 1. The molecule has 0 radical (unpaired) electrons. The third kappa shape index (κ3) is 2.55. The summed E-state index contributed by atoms with van der Waals surface area (Å²) in [6, 6.07) is 7.95. The lowest BCUT2D eigenvalue weighted by atomic mass is 9.90. The van der Waals surface area contributed by atoms with E-state index in [2.05, 4.69) is 0 Å². The van der Waals surface area contributed by atoms with E-state index >= 15 is 0 Å². The van der Waals surface area contributed by atoms with Crippen molar-refractivity contribution in [2.75, 3.05) is 13.6 Å². The zero-order valence-corrected chi connectivity index (χ0v) is 12.2. The van der Waals surface area contributed by atoms with Crippen molar-refractivity contribution in [3.8, 4) is 0 Å². The highest BCUT2D eigenvalue weighted by Gasteiger charge is 2.53. The summed E-state index contributed by atoms with van der Waals surface area (Å²) >= 11 is 0. The van der Waals surface area contributed by atoms with Gasteiger partial charge < -0.3 is 10.0 Å². The Bertz CT molecular complexity index is 534. The van der Waals surface area contributed by atoms with Gasteiger partial charge in [-0.15, -0.1) is 0 Å². The number of likely N-dealkylation sites (N-methyl/N-ethyl adjacent to an activating group) is 1. The number of carboxylic acids is 1. The number of benzene rings is 1. The minimum atomic E-state index is -0.870. The van der Waals surface area contributed by atoms with Crippen molar-refractivity contribution < 1.29 is 14.7 Å². The molecule has 1 aliphatic rings. The van der Waals surface area contributed by atoms with Crippen LogP contribution < -0.4 is 0 Å². The Kier molecular flexibility index (Phi) is 3.84. The minimum absolute atomic E-state index is 0.0416. The molecule has 1 aromatic rings. The second-order valence-corrected chi connectivity index (χ2v) is 5.82. The van der Waals surface area contributed by atoms with Crippen molar-refractivity contribution in [3.05, 3.63) is 35.4 Å². The second-order valence-electron chi connectivity index (χ2n) is 5.82. The SMILES string of the molecule is Cc1ccccc1C1(C(=O)N(C)C[C@@H](C)C(=O)O)CC1. The van der Waals surface area contributed by atoms with Crippen molar-refractivity contribution >= 4 is 11.9 Å². The van der Waals surface area contributed by atoms with Gasteiger partial charge in [-0.1, -0.05) is 31.2 Å². The molecule has 0 aromatic heterocycles. The Labute approximate surface area is 119 Å². The molecule has 0 unspecified atom stereocenters. The highest BCUT2D eigenvalue weighted by atomic mass is 16.4. The fourth-order valence-electron chi connectivity index (χ4n) is 2.77. The molecule has 108 valence electrons. The summed E-state index contributed by atoms with van der Waals surface area (Å²) in [6.07, 6.45) is 1.70. The summed E-state index contributed by atoms with van der Waals surface area (Å²) < 4.78 is 0. The minimum Gasteiger partial charge on any atom is -0.481 e. The van der Waals surface area contributed by atoms with Crippen molar-refractivity contribution in [2.45, 2.75) is 32.1 Å². The van der Waals surface area contributed by atoms with Crippen LogP contribution in [0.3, 0.4) is 0 Å². The fraction of sp³-hybridized carbons (Fsp3) is 0.500. The molecular formula is C16H21NO3. The highest BCUT2D eigenvalue weighted by molar-refractivity contribution is 5.91. The molecule has 0 heterocycles. The van der Waals surface area contributed by atoms with Crippen LogP contribution in [0.5, 0.6) is 0 Å². The zero-order valence-electron chi connectivity index (χ0n) is 12.2. The quantitative estimate of drug-likeness (QED) is 0.896. The van der Waals surface area contributed by atoms with Gasteiger partial charge in [0.05, 0.1) is 11.3 Å². The molecule has 1 atom stereocenters. The summed E-state index contributed by atoms with van der Waals surface area (Å²) in [4.78, 5) is 25.1. The molecule has 4 heteroatoms. The molecular weight excluding hydrogens is 254 g/mol. The maximum absolute atomic E-state index is 12.7. The van der Waals surface area contributed by atoms with Gasteiger partial charge in [0.15, 0.2) is 0 Å². The van der Waals surface area contributed by atoms with Crippen LogP contribution in [-0.2, 0) is 15.0 Å². The molecule has 1 aromatic carbocycles. The maximum Gasteiger partial charge on any atom is 0.308 e. The molecule has 4 nitrogen and oxygen atoms in total. The average Bonchev–Trinajstić information content (AvgIpc) is 3.19. The van der Waals surface area contributed by atoms with Gasteiger partial charge in [0.1, 0.15) is 0 Å². The van der Waals surface area contributed by atoms with E-state index < -0.39 is 17.3 Å². The topological polar surface area (TPSA) is 57.6 Å². The van der Waals surface area contributed by atoms with E-state index in [1.165, 1.54) is 0 Å².